The second-order valence-electron chi connectivity index (χ2n) is 6.54. The average Bonchev–Trinajstić information content (AvgIpc) is 3.17. The first-order valence-electron chi connectivity index (χ1n) is 8.97. The number of oxime groups is 1. The van der Waals surface area contributed by atoms with E-state index in [0.717, 1.165) is 28.2 Å². The Morgan fingerprint density at radius 3 is 2.83 bits per heavy atom. The third kappa shape index (κ3) is 4.25. The standard InChI is InChI=1S/C21H17ClFN5O/c22-17-9-13(4-5-18(17)23)10-19(28-29)15-6-8-25-21-16(15)11-20(27-21)26-12-14-3-1-2-7-24-14/h1-9,29H,10-12H2,(H,25,26,27)/b28-19+. The van der Waals surface area contributed by atoms with Gasteiger partial charge in [-0.15, -0.1) is 0 Å². The van der Waals surface area contributed by atoms with E-state index in [9.17, 15) is 9.60 Å². The molecule has 4 rings (SSSR count). The van der Waals surface area contributed by atoms with Gasteiger partial charge in [0.15, 0.2) is 0 Å². The summed E-state index contributed by atoms with van der Waals surface area (Å²) in [6.45, 7) is 0.460. The normalized spacial score (nSPS) is 14.7. The van der Waals surface area contributed by atoms with Crippen LogP contribution in [0.2, 0.25) is 5.02 Å². The third-order valence-corrected chi connectivity index (χ3v) is 4.90. The molecular formula is C21H17ClFN5O. The number of pyridine rings is 2. The molecule has 29 heavy (non-hydrogen) atoms. The van der Waals surface area contributed by atoms with Crippen molar-refractivity contribution in [2.75, 3.05) is 5.32 Å². The molecule has 146 valence electrons. The molecule has 0 unspecified atom stereocenters. The summed E-state index contributed by atoms with van der Waals surface area (Å²) in [6, 6.07) is 11.9. The Morgan fingerprint density at radius 2 is 2.07 bits per heavy atom. The van der Waals surface area contributed by atoms with Gasteiger partial charge in [0.1, 0.15) is 17.5 Å². The molecule has 1 aliphatic rings. The highest BCUT2D eigenvalue weighted by Gasteiger charge is 2.23. The summed E-state index contributed by atoms with van der Waals surface area (Å²) in [5.74, 6) is 0.967. The second kappa shape index (κ2) is 8.36. The molecule has 2 aromatic heterocycles. The van der Waals surface area contributed by atoms with E-state index in [2.05, 4.69) is 25.4 Å². The molecule has 2 N–H and O–H groups in total. The van der Waals surface area contributed by atoms with Crippen LogP contribution in [0.25, 0.3) is 0 Å². The summed E-state index contributed by atoms with van der Waals surface area (Å²) >= 11 is 5.87. The number of hydrogen-bond acceptors (Lipinski definition) is 5. The lowest BCUT2D eigenvalue weighted by Gasteiger charge is -2.09. The van der Waals surface area contributed by atoms with Gasteiger partial charge in [-0.3, -0.25) is 9.98 Å². The summed E-state index contributed by atoms with van der Waals surface area (Å²) in [7, 11) is 0. The number of benzene rings is 1. The van der Waals surface area contributed by atoms with Gasteiger partial charge in [-0.2, -0.15) is 0 Å². The molecule has 0 saturated heterocycles. The quantitative estimate of drug-likeness (QED) is 0.375. The van der Waals surface area contributed by atoms with Gasteiger partial charge < -0.3 is 10.5 Å². The van der Waals surface area contributed by atoms with Crippen LogP contribution >= 0.6 is 11.6 Å². The molecule has 1 aliphatic heterocycles. The Hall–Kier alpha value is -3.32. The molecule has 3 aromatic rings. The Morgan fingerprint density at radius 1 is 1.17 bits per heavy atom. The first-order chi connectivity index (χ1) is 14.1. The number of rotatable bonds is 5. The van der Waals surface area contributed by atoms with Crippen LogP contribution in [-0.4, -0.2) is 26.7 Å². The number of nitrogens with one attached hydrogen (secondary N) is 1. The monoisotopic (exact) mass is 409 g/mol. The zero-order valence-electron chi connectivity index (χ0n) is 15.3. The highest BCUT2D eigenvalue weighted by molar-refractivity contribution is 6.30. The van der Waals surface area contributed by atoms with Gasteiger partial charge in [0, 0.05) is 36.4 Å². The summed E-state index contributed by atoms with van der Waals surface area (Å²) in [4.78, 5) is 13.2. The zero-order valence-corrected chi connectivity index (χ0v) is 16.1. The van der Waals surface area contributed by atoms with Gasteiger partial charge in [0.25, 0.3) is 0 Å². The Labute approximate surface area is 171 Å². The maximum Gasteiger partial charge on any atom is 0.141 e. The SMILES string of the molecule is O/N=C(\Cc1ccc(F)c(Cl)c1)c1ccnc2c1CC(=NCc1ccccn1)N2. The van der Waals surface area contributed by atoms with Crippen molar-refractivity contribution in [3.63, 3.8) is 0 Å². The molecule has 0 bridgehead atoms. The maximum atomic E-state index is 13.4. The van der Waals surface area contributed by atoms with E-state index in [1.165, 1.54) is 12.1 Å². The van der Waals surface area contributed by atoms with Crippen molar-refractivity contribution >= 4 is 29.0 Å². The summed E-state index contributed by atoms with van der Waals surface area (Å²) < 4.78 is 13.4. The molecule has 6 nitrogen and oxygen atoms in total. The van der Waals surface area contributed by atoms with Gasteiger partial charge in [0.2, 0.25) is 0 Å². The van der Waals surface area contributed by atoms with Crippen molar-refractivity contribution in [2.45, 2.75) is 19.4 Å². The second-order valence-corrected chi connectivity index (χ2v) is 6.95. The van der Waals surface area contributed by atoms with Gasteiger partial charge in [-0.1, -0.05) is 28.9 Å². The lowest BCUT2D eigenvalue weighted by Crippen LogP contribution is -2.09. The highest BCUT2D eigenvalue weighted by atomic mass is 35.5. The van der Waals surface area contributed by atoms with E-state index in [1.54, 1.807) is 24.5 Å². The number of fused-ring (bicyclic) bond motifs is 1. The minimum atomic E-state index is -0.485. The number of hydrogen-bond donors (Lipinski definition) is 2. The molecule has 0 atom stereocenters. The van der Waals surface area contributed by atoms with Gasteiger partial charge in [-0.05, 0) is 35.9 Å². The Balaban J connectivity index is 1.56. The molecule has 8 heteroatoms. The lowest BCUT2D eigenvalue weighted by atomic mass is 9.98. The largest absolute Gasteiger partial charge is 0.411 e. The van der Waals surface area contributed by atoms with E-state index in [1.807, 2.05) is 18.2 Å². The molecule has 3 heterocycles. The van der Waals surface area contributed by atoms with Crippen LogP contribution in [0.1, 0.15) is 22.4 Å². The van der Waals surface area contributed by atoms with E-state index < -0.39 is 5.82 Å². The molecule has 0 fully saturated rings. The van der Waals surface area contributed by atoms with E-state index in [4.69, 9.17) is 11.6 Å². The van der Waals surface area contributed by atoms with Crippen LogP contribution in [0.15, 0.2) is 65.0 Å². The fourth-order valence-electron chi connectivity index (χ4n) is 3.19. The Bertz CT molecular complexity index is 1100. The van der Waals surface area contributed by atoms with Crippen LogP contribution in [-0.2, 0) is 19.4 Å². The number of aliphatic imine (C=N–C) groups is 1. The van der Waals surface area contributed by atoms with Gasteiger partial charge >= 0.3 is 0 Å². The topological polar surface area (TPSA) is 82.8 Å². The van der Waals surface area contributed by atoms with Crippen LogP contribution in [0.5, 0.6) is 0 Å². The molecule has 1 aromatic carbocycles. The van der Waals surface area contributed by atoms with Crippen molar-refractivity contribution < 1.29 is 9.60 Å². The van der Waals surface area contributed by atoms with Crippen LogP contribution in [0.4, 0.5) is 10.2 Å². The van der Waals surface area contributed by atoms with Crippen molar-refractivity contribution in [1.29, 1.82) is 0 Å². The molecular weight excluding hydrogens is 393 g/mol. The molecule has 0 amide bonds. The predicted molar refractivity (Wildman–Crippen MR) is 110 cm³/mol. The highest BCUT2D eigenvalue weighted by Crippen LogP contribution is 2.27. The zero-order chi connectivity index (χ0) is 20.2. The smallest absolute Gasteiger partial charge is 0.141 e. The van der Waals surface area contributed by atoms with Crippen molar-refractivity contribution in [2.24, 2.45) is 10.1 Å². The number of aromatic nitrogens is 2. The number of amidine groups is 1. The minimum Gasteiger partial charge on any atom is -0.411 e. The number of halogens is 2. The van der Waals surface area contributed by atoms with E-state index >= 15 is 0 Å². The van der Waals surface area contributed by atoms with Crippen LogP contribution in [0, 0.1) is 5.82 Å². The Kier molecular flexibility index (Phi) is 5.48. The summed E-state index contributed by atoms with van der Waals surface area (Å²) in [5, 5.41) is 16.3. The van der Waals surface area contributed by atoms with Gasteiger partial charge in [-0.25, -0.2) is 9.37 Å². The predicted octanol–water partition coefficient (Wildman–Crippen LogP) is 4.26. The maximum absolute atomic E-state index is 13.4. The summed E-state index contributed by atoms with van der Waals surface area (Å²) in [6.07, 6.45) is 4.21. The first kappa shape index (κ1) is 19.0. The third-order valence-electron chi connectivity index (χ3n) is 4.61. The van der Waals surface area contributed by atoms with E-state index in [0.29, 0.717) is 30.9 Å². The van der Waals surface area contributed by atoms with Crippen molar-refractivity contribution in [1.82, 2.24) is 9.97 Å². The summed E-state index contributed by atoms with van der Waals surface area (Å²) in [5.41, 5.74) is 3.71. The van der Waals surface area contributed by atoms with Gasteiger partial charge in [0.05, 0.1) is 23.0 Å². The number of anilines is 1. The van der Waals surface area contributed by atoms with Crippen LogP contribution in [0.3, 0.4) is 0 Å². The number of nitrogens with zero attached hydrogens (tertiary/aromatic N) is 4. The lowest BCUT2D eigenvalue weighted by molar-refractivity contribution is 0.318. The minimum absolute atomic E-state index is 0.0327. The fourth-order valence-corrected chi connectivity index (χ4v) is 3.39. The molecule has 0 radical (unpaired) electrons. The van der Waals surface area contributed by atoms with E-state index in [-0.39, 0.29) is 5.02 Å². The molecule has 0 aliphatic carbocycles. The first-order valence-corrected chi connectivity index (χ1v) is 9.35. The van der Waals surface area contributed by atoms with Crippen molar-refractivity contribution in [3.8, 4) is 0 Å². The molecule has 0 saturated carbocycles. The molecule has 0 spiro atoms. The fraction of sp³-hybridized carbons (Fsp3) is 0.143. The van der Waals surface area contributed by atoms with Crippen LogP contribution < -0.4 is 5.32 Å². The average molecular weight is 410 g/mol. The van der Waals surface area contributed by atoms with Crippen molar-refractivity contribution in [3.05, 3.63) is 88.1 Å².